The van der Waals surface area contributed by atoms with Crippen LogP contribution >= 0.6 is 11.6 Å². The smallest absolute Gasteiger partial charge is 0.295 e. The number of carbonyl (C=O) groups excluding carboxylic acids is 1. The SMILES string of the molecule is CCOc1cc(C2c3c(oc4ccc(C)cc4c3=O)C(=O)N2c2ccc(OC)c(Cl)c2)ccc1O. The molecule has 0 fully saturated rings. The Morgan fingerprint density at radius 2 is 1.86 bits per heavy atom. The van der Waals surface area contributed by atoms with Crippen molar-refractivity contribution < 1.29 is 23.8 Å². The molecular weight excluding hydrogens is 470 g/mol. The van der Waals surface area contributed by atoms with Crippen LogP contribution in [-0.2, 0) is 0 Å². The second kappa shape index (κ2) is 8.67. The molecule has 0 aliphatic carbocycles. The van der Waals surface area contributed by atoms with E-state index >= 15 is 0 Å². The summed E-state index contributed by atoms with van der Waals surface area (Å²) in [7, 11) is 1.50. The number of aryl methyl sites for hydroxylation is 1. The Kier molecular flexibility index (Phi) is 5.65. The number of halogens is 1. The van der Waals surface area contributed by atoms with Crippen molar-refractivity contribution in [3.8, 4) is 17.2 Å². The van der Waals surface area contributed by atoms with E-state index in [1.807, 2.05) is 13.0 Å². The van der Waals surface area contributed by atoms with Crippen LogP contribution in [0.5, 0.6) is 17.2 Å². The number of methoxy groups -OCH3 is 1. The molecule has 1 atom stereocenters. The lowest BCUT2D eigenvalue weighted by molar-refractivity contribution is 0.0971. The zero-order chi connectivity index (χ0) is 24.9. The molecule has 0 radical (unpaired) electrons. The van der Waals surface area contributed by atoms with Crippen molar-refractivity contribution in [3.63, 3.8) is 0 Å². The lowest BCUT2D eigenvalue weighted by atomic mass is 9.97. The summed E-state index contributed by atoms with van der Waals surface area (Å²) in [6.07, 6.45) is 0. The van der Waals surface area contributed by atoms with Crippen molar-refractivity contribution in [2.75, 3.05) is 18.6 Å². The number of ether oxygens (including phenoxy) is 2. The number of phenolic OH excluding ortho intramolecular Hbond substituents is 1. The van der Waals surface area contributed by atoms with Gasteiger partial charge in [0.2, 0.25) is 5.76 Å². The minimum absolute atomic E-state index is 0.0330. The van der Waals surface area contributed by atoms with Gasteiger partial charge in [-0.05, 0) is 61.9 Å². The number of aromatic hydroxyl groups is 1. The Morgan fingerprint density at radius 1 is 1.06 bits per heavy atom. The van der Waals surface area contributed by atoms with Crippen molar-refractivity contribution in [3.05, 3.63) is 92.3 Å². The monoisotopic (exact) mass is 491 g/mol. The van der Waals surface area contributed by atoms with Crippen molar-refractivity contribution in [1.82, 2.24) is 0 Å². The highest BCUT2D eigenvalue weighted by molar-refractivity contribution is 6.32. The maximum absolute atomic E-state index is 13.8. The van der Waals surface area contributed by atoms with Gasteiger partial charge >= 0.3 is 0 Å². The summed E-state index contributed by atoms with van der Waals surface area (Å²) in [6.45, 7) is 4.02. The molecule has 1 aromatic heterocycles. The standard InChI is InChI=1S/C27H22ClNO6/c1-4-34-22-12-15(6-8-19(22)30)24-23-25(31)17-11-14(2)5-9-20(17)35-26(23)27(32)29(24)16-7-10-21(33-3)18(28)13-16/h5-13,24,30H,4H2,1-3H3. The van der Waals surface area contributed by atoms with E-state index in [4.69, 9.17) is 25.5 Å². The third kappa shape index (κ3) is 3.68. The Morgan fingerprint density at radius 3 is 2.57 bits per heavy atom. The number of hydrogen-bond acceptors (Lipinski definition) is 6. The Hall–Kier alpha value is -3.97. The zero-order valence-corrected chi connectivity index (χ0v) is 20.1. The number of phenols is 1. The van der Waals surface area contributed by atoms with E-state index in [1.165, 1.54) is 18.1 Å². The van der Waals surface area contributed by atoms with Crippen LogP contribution in [0.15, 0.2) is 63.8 Å². The molecule has 1 aliphatic heterocycles. The van der Waals surface area contributed by atoms with Crippen molar-refractivity contribution in [2.45, 2.75) is 19.9 Å². The molecule has 1 aliphatic rings. The minimum atomic E-state index is -0.831. The maximum atomic E-state index is 13.8. The number of benzene rings is 3. The van der Waals surface area contributed by atoms with E-state index in [2.05, 4.69) is 0 Å². The van der Waals surface area contributed by atoms with Gasteiger partial charge in [0, 0.05) is 5.69 Å². The molecule has 4 aromatic rings. The average Bonchev–Trinajstić information content (AvgIpc) is 3.13. The van der Waals surface area contributed by atoms with E-state index in [0.717, 1.165) is 5.56 Å². The molecule has 1 unspecified atom stereocenters. The van der Waals surface area contributed by atoms with Gasteiger partial charge in [0.1, 0.15) is 11.3 Å². The van der Waals surface area contributed by atoms with Gasteiger partial charge in [-0.2, -0.15) is 0 Å². The largest absolute Gasteiger partial charge is 0.504 e. The van der Waals surface area contributed by atoms with Gasteiger partial charge in [-0.15, -0.1) is 0 Å². The van der Waals surface area contributed by atoms with E-state index in [1.54, 1.807) is 49.4 Å². The number of fused-ring (bicyclic) bond motifs is 2. The van der Waals surface area contributed by atoms with Crippen LogP contribution in [0, 0.1) is 6.92 Å². The van der Waals surface area contributed by atoms with Gasteiger partial charge in [-0.1, -0.05) is 29.3 Å². The molecule has 1 amide bonds. The second-order valence-electron chi connectivity index (χ2n) is 8.23. The summed E-state index contributed by atoms with van der Waals surface area (Å²) in [5.74, 6) is 0.154. The first-order chi connectivity index (χ1) is 16.8. The fraction of sp³-hybridized carbons (Fsp3) is 0.185. The lowest BCUT2D eigenvalue weighted by Crippen LogP contribution is -2.29. The van der Waals surface area contributed by atoms with Crippen molar-refractivity contribution in [2.24, 2.45) is 0 Å². The Balaban J connectivity index is 1.79. The van der Waals surface area contributed by atoms with Gasteiger partial charge in [-0.3, -0.25) is 14.5 Å². The highest BCUT2D eigenvalue weighted by Crippen LogP contribution is 2.44. The van der Waals surface area contributed by atoms with E-state index < -0.39 is 11.9 Å². The normalized spacial score (nSPS) is 14.9. The molecule has 1 N–H and O–H groups in total. The fourth-order valence-corrected chi connectivity index (χ4v) is 4.70. The van der Waals surface area contributed by atoms with Gasteiger partial charge in [-0.25, -0.2) is 0 Å². The topological polar surface area (TPSA) is 89.2 Å². The molecule has 3 aromatic carbocycles. The number of hydrogen-bond donors (Lipinski definition) is 1. The summed E-state index contributed by atoms with van der Waals surface area (Å²) in [5.41, 5.74) is 2.19. The summed E-state index contributed by atoms with van der Waals surface area (Å²) in [6, 6.07) is 14.2. The molecular formula is C27H22ClNO6. The van der Waals surface area contributed by atoms with Crippen LogP contribution in [0.1, 0.15) is 40.2 Å². The third-order valence-electron chi connectivity index (χ3n) is 6.04. The molecule has 0 saturated heterocycles. The number of amides is 1. The molecule has 5 rings (SSSR count). The second-order valence-corrected chi connectivity index (χ2v) is 8.64. The summed E-state index contributed by atoms with van der Waals surface area (Å²) >= 11 is 6.38. The first-order valence-electron chi connectivity index (χ1n) is 11.0. The number of rotatable bonds is 5. The molecule has 178 valence electrons. The number of nitrogens with zero attached hydrogens (tertiary/aromatic N) is 1. The Labute approximate surface area is 206 Å². The predicted octanol–water partition coefficient (Wildman–Crippen LogP) is 5.62. The van der Waals surface area contributed by atoms with E-state index in [-0.39, 0.29) is 28.3 Å². The van der Waals surface area contributed by atoms with Crippen LogP contribution in [-0.4, -0.2) is 24.7 Å². The third-order valence-corrected chi connectivity index (χ3v) is 6.33. The van der Waals surface area contributed by atoms with Crippen LogP contribution in [0.2, 0.25) is 5.02 Å². The van der Waals surface area contributed by atoms with Gasteiger partial charge in [0.25, 0.3) is 5.91 Å². The van der Waals surface area contributed by atoms with Crippen LogP contribution in [0.3, 0.4) is 0 Å². The first kappa shape index (κ1) is 22.8. The van der Waals surface area contributed by atoms with Crippen LogP contribution < -0.4 is 19.8 Å². The van der Waals surface area contributed by atoms with Crippen molar-refractivity contribution >= 4 is 34.2 Å². The molecule has 35 heavy (non-hydrogen) atoms. The van der Waals surface area contributed by atoms with Gasteiger partial charge in [0.15, 0.2) is 16.9 Å². The van der Waals surface area contributed by atoms with E-state index in [9.17, 15) is 14.7 Å². The van der Waals surface area contributed by atoms with E-state index in [0.29, 0.717) is 39.6 Å². The zero-order valence-electron chi connectivity index (χ0n) is 19.3. The molecule has 8 heteroatoms. The number of anilines is 1. The predicted molar refractivity (Wildman–Crippen MR) is 133 cm³/mol. The minimum Gasteiger partial charge on any atom is -0.504 e. The first-order valence-corrected chi connectivity index (χ1v) is 11.4. The van der Waals surface area contributed by atoms with Crippen LogP contribution in [0.25, 0.3) is 11.0 Å². The maximum Gasteiger partial charge on any atom is 0.295 e. The highest BCUT2D eigenvalue weighted by Gasteiger charge is 2.44. The number of carbonyl (C=O) groups is 1. The van der Waals surface area contributed by atoms with Crippen LogP contribution in [0.4, 0.5) is 5.69 Å². The van der Waals surface area contributed by atoms with Gasteiger partial charge < -0.3 is 19.0 Å². The van der Waals surface area contributed by atoms with Crippen molar-refractivity contribution in [1.29, 1.82) is 0 Å². The molecule has 2 heterocycles. The van der Waals surface area contributed by atoms with Gasteiger partial charge in [0.05, 0.1) is 35.7 Å². The lowest BCUT2D eigenvalue weighted by Gasteiger charge is -2.26. The summed E-state index contributed by atoms with van der Waals surface area (Å²) < 4.78 is 16.8. The molecule has 7 nitrogen and oxygen atoms in total. The molecule has 0 saturated carbocycles. The highest BCUT2D eigenvalue weighted by atomic mass is 35.5. The summed E-state index contributed by atoms with van der Waals surface area (Å²) in [4.78, 5) is 29.0. The Bertz CT molecular complexity index is 1540. The molecule has 0 spiro atoms. The fourth-order valence-electron chi connectivity index (χ4n) is 4.45. The molecule has 0 bridgehead atoms. The quantitative estimate of drug-likeness (QED) is 0.390. The summed E-state index contributed by atoms with van der Waals surface area (Å²) in [5, 5.41) is 10.9. The average molecular weight is 492 g/mol.